The lowest BCUT2D eigenvalue weighted by molar-refractivity contribution is -0.144. The number of carbonyl (C=O) groups excluding carboxylic acids is 1. The molecule has 0 aliphatic carbocycles. The SMILES string of the molecule is CSCCCOC(=O)Cn1ccc(N)n1. The van der Waals surface area contributed by atoms with Crippen LogP contribution < -0.4 is 5.73 Å². The van der Waals surface area contributed by atoms with E-state index in [2.05, 4.69) is 5.10 Å². The monoisotopic (exact) mass is 229 g/mol. The van der Waals surface area contributed by atoms with Gasteiger partial charge in [0.25, 0.3) is 0 Å². The van der Waals surface area contributed by atoms with Crippen LogP contribution >= 0.6 is 11.8 Å². The summed E-state index contributed by atoms with van der Waals surface area (Å²) < 4.78 is 6.47. The van der Waals surface area contributed by atoms with E-state index in [0.717, 1.165) is 12.2 Å². The topological polar surface area (TPSA) is 70.1 Å². The fourth-order valence-corrected chi connectivity index (χ4v) is 1.44. The highest BCUT2D eigenvalue weighted by molar-refractivity contribution is 7.98. The second-order valence-electron chi connectivity index (χ2n) is 3.01. The van der Waals surface area contributed by atoms with Gasteiger partial charge in [0.2, 0.25) is 0 Å². The van der Waals surface area contributed by atoms with E-state index >= 15 is 0 Å². The van der Waals surface area contributed by atoms with Crippen molar-refractivity contribution in [2.75, 3.05) is 24.3 Å². The van der Waals surface area contributed by atoms with E-state index in [0.29, 0.717) is 12.4 Å². The van der Waals surface area contributed by atoms with E-state index < -0.39 is 0 Å². The van der Waals surface area contributed by atoms with Crippen LogP contribution in [0, 0.1) is 0 Å². The molecule has 0 saturated carbocycles. The Morgan fingerprint density at radius 3 is 3.13 bits per heavy atom. The largest absolute Gasteiger partial charge is 0.464 e. The summed E-state index contributed by atoms with van der Waals surface area (Å²) in [6.45, 7) is 0.590. The number of ether oxygens (including phenoxy) is 1. The quantitative estimate of drug-likeness (QED) is 0.576. The zero-order valence-corrected chi connectivity index (χ0v) is 9.50. The average Bonchev–Trinajstić information content (AvgIpc) is 2.59. The van der Waals surface area contributed by atoms with Gasteiger partial charge in [-0.3, -0.25) is 9.48 Å². The number of thioether (sulfide) groups is 1. The predicted molar refractivity (Wildman–Crippen MR) is 60.6 cm³/mol. The molecule has 0 saturated heterocycles. The summed E-state index contributed by atoms with van der Waals surface area (Å²) in [6, 6.07) is 1.64. The molecule has 1 aromatic heterocycles. The van der Waals surface area contributed by atoms with Gasteiger partial charge in [0, 0.05) is 6.20 Å². The number of aromatic nitrogens is 2. The number of anilines is 1. The van der Waals surface area contributed by atoms with Crippen molar-refractivity contribution in [2.24, 2.45) is 0 Å². The molecule has 15 heavy (non-hydrogen) atoms. The molecule has 84 valence electrons. The van der Waals surface area contributed by atoms with E-state index in [1.54, 1.807) is 24.0 Å². The molecule has 0 spiro atoms. The summed E-state index contributed by atoms with van der Waals surface area (Å²) >= 11 is 1.74. The van der Waals surface area contributed by atoms with Crippen molar-refractivity contribution in [1.82, 2.24) is 9.78 Å². The summed E-state index contributed by atoms with van der Waals surface area (Å²) in [4.78, 5) is 11.3. The Hall–Kier alpha value is -1.17. The summed E-state index contributed by atoms with van der Waals surface area (Å²) in [5.74, 6) is 1.13. The lowest BCUT2D eigenvalue weighted by Gasteiger charge is -2.03. The van der Waals surface area contributed by atoms with Gasteiger partial charge < -0.3 is 10.5 Å². The molecule has 1 aromatic rings. The van der Waals surface area contributed by atoms with Gasteiger partial charge in [-0.25, -0.2) is 0 Å². The minimum Gasteiger partial charge on any atom is -0.464 e. The van der Waals surface area contributed by atoms with Crippen LogP contribution in [0.25, 0.3) is 0 Å². The molecule has 6 heteroatoms. The molecule has 0 aromatic carbocycles. The van der Waals surface area contributed by atoms with Crippen molar-refractivity contribution >= 4 is 23.5 Å². The first-order chi connectivity index (χ1) is 7.22. The first kappa shape index (κ1) is 11.9. The van der Waals surface area contributed by atoms with Crippen molar-refractivity contribution < 1.29 is 9.53 Å². The van der Waals surface area contributed by atoms with Crippen LogP contribution in [0.2, 0.25) is 0 Å². The number of nitrogens with two attached hydrogens (primary N) is 1. The Morgan fingerprint density at radius 2 is 2.53 bits per heavy atom. The maximum Gasteiger partial charge on any atom is 0.327 e. The molecule has 0 aliphatic rings. The molecule has 0 amide bonds. The van der Waals surface area contributed by atoms with Crippen LogP contribution in [0.3, 0.4) is 0 Å². The molecule has 1 rings (SSSR count). The Labute approximate surface area is 93.0 Å². The standard InChI is InChI=1S/C9H15N3O2S/c1-15-6-2-5-14-9(13)7-12-4-3-8(10)11-12/h3-4H,2,5-7H2,1H3,(H2,10,11). The fraction of sp³-hybridized carbons (Fsp3) is 0.556. The van der Waals surface area contributed by atoms with Gasteiger partial charge in [0.15, 0.2) is 0 Å². The lowest BCUT2D eigenvalue weighted by Crippen LogP contribution is -2.15. The minimum absolute atomic E-state index is 0.121. The van der Waals surface area contributed by atoms with Gasteiger partial charge in [-0.1, -0.05) is 0 Å². The van der Waals surface area contributed by atoms with E-state index in [-0.39, 0.29) is 12.5 Å². The van der Waals surface area contributed by atoms with Crippen molar-refractivity contribution in [3.05, 3.63) is 12.3 Å². The first-order valence-electron chi connectivity index (χ1n) is 4.66. The van der Waals surface area contributed by atoms with Gasteiger partial charge in [-0.05, 0) is 24.5 Å². The highest BCUT2D eigenvalue weighted by Crippen LogP contribution is 1.98. The highest BCUT2D eigenvalue weighted by atomic mass is 32.2. The summed E-state index contributed by atoms with van der Waals surface area (Å²) in [6.07, 6.45) is 4.56. The zero-order chi connectivity index (χ0) is 11.1. The third-order valence-corrected chi connectivity index (χ3v) is 2.41. The molecule has 1 heterocycles. The molecular weight excluding hydrogens is 214 g/mol. The number of nitrogen functional groups attached to an aromatic ring is 1. The van der Waals surface area contributed by atoms with Crippen molar-refractivity contribution in [3.63, 3.8) is 0 Å². The maximum absolute atomic E-state index is 11.3. The number of carbonyl (C=O) groups is 1. The van der Waals surface area contributed by atoms with Crippen LogP contribution in [0.5, 0.6) is 0 Å². The van der Waals surface area contributed by atoms with Crippen molar-refractivity contribution in [2.45, 2.75) is 13.0 Å². The van der Waals surface area contributed by atoms with Crippen LogP contribution in [0.4, 0.5) is 5.82 Å². The second-order valence-corrected chi connectivity index (χ2v) is 3.99. The normalized spacial score (nSPS) is 10.2. The van der Waals surface area contributed by atoms with Gasteiger partial charge in [-0.15, -0.1) is 0 Å². The van der Waals surface area contributed by atoms with Crippen LogP contribution in [-0.2, 0) is 16.1 Å². The third-order valence-electron chi connectivity index (χ3n) is 1.71. The van der Waals surface area contributed by atoms with Crippen LogP contribution in [-0.4, -0.2) is 34.4 Å². The second kappa shape index (κ2) is 6.34. The van der Waals surface area contributed by atoms with Crippen molar-refractivity contribution in [3.8, 4) is 0 Å². The summed E-state index contributed by atoms with van der Waals surface area (Å²) in [5.41, 5.74) is 5.41. The molecule has 0 aliphatic heterocycles. The molecule has 0 unspecified atom stereocenters. The van der Waals surface area contributed by atoms with Crippen LogP contribution in [0.1, 0.15) is 6.42 Å². The van der Waals surface area contributed by atoms with E-state index in [4.69, 9.17) is 10.5 Å². The maximum atomic E-state index is 11.3. The Bertz CT molecular complexity index is 314. The van der Waals surface area contributed by atoms with Gasteiger partial charge >= 0.3 is 5.97 Å². The third kappa shape index (κ3) is 4.73. The van der Waals surface area contributed by atoms with E-state index in [1.165, 1.54) is 4.68 Å². The molecule has 0 fully saturated rings. The number of rotatable bonds is 6. The summed E-state index contributed by atoms with van der Waals surface area (Å²) in [7, 11) is 0. The van der Waals surface area contributed by atoms with E-state index in [9.17, 15) is 4.79 Å². The molecule has 2 N–H and O–H groups in total. The Kier molecular flexibility index (Phi) is 5.03. The minimum atomic E-state index is -0.279. The average molecular weight is 229 g/mol. The molecule has 0 bridgehead atoms. The van der Waals surface area contributed by atoms with Crippen molar-refractivity contribution in [1.29, 1.82) is 0 Å². The van der Waals surface area contributed by atoms with E-state index in [1.807, 2.05) is 6.26 Å². The number of esters is 1. The molecule has 0 radical (unpaired) electrons. The van der Waals surface area contributed by atoms with Gasteiger partial charge in [0.05, 0.1) is 6.61 Å². The number of hydrogen-bond acceptors (Lipinski definition) is 5. The highest BCUT2D eigenvalue weighted by Gasteiger charge is 2.04. The van der Waals surface area contributed by atoms with Gasteiger partial charge in [0.1, 0.15) is 12.4 Å². The number of hydrogen-bond donors (Lipinski definition) is 1. The van der Waals surface area contributed by atoms with Crippen LogP contribution in [0.15, 0.2) is 12.3 Å². The fourth-order valence-electron chi connectivity index (χ4n) is 1.03. The molecular formula is C9H15N3O2S. The Morgan fingerprint density at radius 1 is 1.73 bits per heavy atom. The summed E-state index contributed by atoms with van der Waals surface area (Å²) in [5, 5.41) is 3.88. The van der Waals surface area contributed by atoms with Gasteiger partial charge in [-0.2, -0.15) is 16.9 Å². The predicted octanol–water partition coefficient (Wildman–Crippen LogP) is 0.762. The zero-order valence-electron chi connectivity index (χ0n) is 8.68. The lowest BCUT2D eigenvalue weighted by atomic mass is 10.5. The smallest absolute Gasteiger partial charge is 0.327 e. The molecule has 0 atom stereocenters. The first-order valence-corrected chi connectivity index (χ1v) is 6.05. The molecule has 5 nitrogen and oxygen atoms in total. The number of nitrogens with zero attached hydrogens (tertiary/aromatic N) is 2. The Balaban J connectivity index is 2.18.